The van der Waals surface area contributed by atoms with E-state index in [1.54, 1.807) is 0 Å². The fourth-order valence-corrected chi connectivity index (χ4v) is 4.79. The third-order valence-corrected chi connectivity index (χ3v) is 6.16. The monoisotopic (exact) mass is 347 g/mol. The summed E-state index contributed by atoms with van der Waals surface area (Å²) < 4.78 is 1.52. The molecule has 0 aliphatic carbocycles. The van der Waals surface area contributed by atoms with Crippen LogP contribution in [0.4, 0.5) is 0 Å². The van der Waals surface area contributed by atoms with Crippen molar-refractivity contribution >= 4 is 19.4 Å². The Morgan fingerprint density at radius 1 is 0.952 bits per heavy atom. The predicted octanol–water partition coefficient (Wildman–Crippen LogP) is 3.78. The normalized spacial score (nSPS) is 12.2. The average Bonchev–Trinajstić information content (AvgIpc) is 2.54. The summed E-state index contributed by atoms with van der Waals surface area (Å²) in [6, 6.07) is 21.6. The van der Waals surface area contributed by atoms with Crippen LogP contribution in [0.5, 0.6) is 0 Å². The molecule has 0 aromatic heterocycles. The van der Waals surface area contributed by atoms with Crippen molar-refractivity contribution in [1.29, 1.82) is 0 Å². The van der Waals surface area contributed by atoms with Gasteiger partial charge >= 0.3 is 135 Å². The summed E-state index contributed by atoms with van der Waals surface area (Å²) in [6.07, 6.45) is 3.97. The second-order valence-electron chi connectivity index (χ2n) is 5.31. The van der Waals surface area contributed by atoms with Crippen molar-refractivity contribution in [1.82, 2.24) is 5.32 Å². The van der Waals surface area contributed by atoms with Gasteiger partial charge in [-0.1, -0.05) is 0 Å². The summed E-state index contributed by atoms with van der Waals surface area (Å²) in [4.78, 5) is 0.795. The van der Waals surface area contributed by atoms with Crippen LogP contribution in [-0.4, -0.2) is 21.5 Å². The first-order chi connectivity index (χ1) is 10.4. The average molecular weight is 346 g/mol. The Bertz CT molecular complexity index is 483. The quantitative estimate of drug-likeness (QED) is 0.682. The van der Waals surface area contributed by atoms with Gasteiger partial charge in [-0.3, -0.25) is 0 Å². The van der Waals surface area contributed by atoms with E-state index in [4.69, 9.17) is 0 Å². The van der Waals surface area contributed by atoms with Crippen LogP contribution in [0.25, 0.3) is 0 Å². The summed E-state index contributed by atoms with van der Waals surface area (Å²) in [5, 5.41) is 3.65. The molecule has 2 heteroatoms. The van der Waals surface area contributed by atoms with E-state index in [0.29, 0.717) is 15.0 Å². The maximum atomic E-state index is 3.65. The molecule has 1 N–H and O–H groups in total. The van der Waals surface area contributed by atoms with Gasteiger partial charge in [0.1, 0.15) is 0 Å². The van der Waals surface area contributed by atoms with Crippen LogP contribution in [0.3, 0.4) is 0 Å². The zero-order valence-corrected chi connectivity index (χ0v) is 14.5. The summed E-state index contributed by atoms with van der Waals surface area (Å²) in [7, 11) is 0. The van der Waals surface area contributed by atoms with Gasteiger partial charge in [-0.25, -0.2) is 0 Å². The molecule has 0 aliphatic heterocycles. The molecule has 0 aliphatic rings. The summed E-state index contributed by atoms with van der Waals surface area (Å²) >= 11 is 0.570. The van der Waals surface area contributed by atoms with Crippen LogP contribution in [-0.2, 0) is 6.54 Å². The molecule has 0 saturated carbocycles. The molecule has 2 rings (SSSR count). The molecule has 0 bridgehead atoms. The Morgan fingerprint density at radius 3 is 2.29 bits per heavy atom. The van der Waals surface area contributed by atoms with Crippen molar-refractivity contribution in [3.05, 3.63) is 66.2 Å². The van der Waals surface area contributed by atoms with Gasteiger partial charge in [-0.15, -0.1) is 0 Å². The molecule has 0 amide bonds. The van der Waals surface area contributed by atoms with E-state index in [1.807, 2.05) is 0 Å². The van der Waals surface area contributed by atoms with Crippen molar-refractivity contribution in [2.75, 3.05) is 6.54 Å². The minimum atomic E-state index is 0.570. The molecule has 0 heterocycles. The van der Waals surface area contributed by atoms with Gasteiger partial charge in [-0.2, -0.15) is 0 Å². The second-order valence-corrected chi connectivity index (χ2v) is 8.19. The van der Waals surface area contributed by atoms with E-state index in [-0.39, 0.29) is 0 Å². The predicted molar refractivity (Wildman–Crippen MR) is 93.3 cm³/mol. The third-order valence-electron chi connectivity index (χ3n) is 3.47. The molecule has 112 valence electrons. The van der Waals surface area contributed by atoms with Crippen molar-refractivity contribution in [3.8, 4) is 0 Å². The molecule has 21 heavy (non-hydrogen) atoms. The van der Waals surface area contributed by atoms with Gasteiger partial charge in [0, 0.05) is 0 Å². The molecule has 2 aromatic carbocycles. The van der Waals surface area contributed by atoms with Crippen LogP contribution >= 0.6 is 0 Å². The number of unbranched alkanes of at least 4 members (excludes halogenated alkanes) is 1. The number of rotatable bonds is 9. The van der Waals surface area contributed by atoms with Crippen LogP contribution < -0.4 is 9.78 Å². The van der Waals surface area contributed by atoms with Gasteiger partial charge in [-0.05, 0) is 0 Å². The fraction of sp³-hybridized carbons (Fsp3) is 0.368. The van der Waals surface area contributed by atoms with E-state index in [2.05, 4.69) is 72.9 Å². The number of benzene rings is 2. The molecule has 1 nitrogen and oxygen atoms in total. The van der Waals surface area contributed by atoms with Crippen molar-refractivity contribution < 1.29 is 0 Å². The Labute approximate surface area is 135 Å². The van der Waals surface area contributed by atoms with E-state index in [0.717, 1.165) is 17.9 Å². The number of hydrogen-bond donors (Lipinski definition) is 1. The standard InChI is InChI=1S/C19H25NSe/c1-2-3-12-19(21-18-13-8-5-9-14-18)16-20-15-17-10-6-4-7-11-17/h4-11,13-14,19-20H,2-3,12,15-16H2,1H3. The van der Waals surface area contributed by atoms with Crippen molar-refractivity contribution in [2.45, 2.75) is 37.5 Å². The molecular weight excluding hydrogens is 321 g/mol. The van der Waals surface area contributed by atoms with Crippen LogP contribution in [0.1, 0.15) is 31.7 Å². The molecule has 0 fully saturated rings. The number of hydrogen-bond acceptors (Lipinski definition) is 1. The van der Waals surface area contributed by atoms with E-state index in [1.165, 1.54) is 29.3 Å². The summed E-state index contributed by atoms with van der Waals surface area (Å²) in [5.74, 6) is 0. The molecule has 1 unspecified atom stereocenters. The molecule has 0 radical (unpaired) electrons. The van der Waals surface area contributed by atoms with Gasteiger partial charge in [0.05, 0.1) is 0 Å². The first kappa shape index (κ1) is 16.3. The van der Waals surface area contributed by atoms with Crippen LogP contribution in [0.2, 0.25) is 4.82 Å². The zero-order valence-electron chi connectivity index (χ0n) is 12.8. The van der Waals surface area contributed by atoms with Gasteiger partial charge < -0.3 is 0 Å². The van der Waals surface area contributed by atoms with Crippen LogP contribution in [0, 0.1) is 0 Å². The zero-order chi connectivity index (χ0) is 14.8. The first-order valence-electron chi connectivity index (χ1n) is 7.85. The first-order valence-corrected chi connectivity index (χ1v) is 9.69. The summed E-state index contributed by atoms with van der Waals surface area (Å²) in [5.41, 5.74) is 1.37. The van der Waals surface area contributed by atoms with E-state index >= 15 is 0 Å². The SMILES string of the molecule is CCCCC(CNCc1ccccc1)[Se]c1ccccc1. The van der Waals surface area contributed by atoms with Crippen molar-refractivity contribution in [2.24, 2.45) is 0 Å². The number of nitrogens with one attached hydrogen (secondary N) is 1. The topological polar surface area (TPSA) is 12.0 Å². The van der Waals surface area contributed by atoms with Crippen LogP contribution in [0.15, 0.2) is 60.7 Å². The van der Waals surface area contributed by atoms with Gasteiger partial charge in [0.2, 0.25) is 0 Å². The molecule has 0 spiro atoms. The Kier molecular flexibility index (Phi) is 7.59. The minimum absolute atomic E-state index is 0.570. The Balaban J connectivity index is 1.81. The molecule has 2 aromatic rings. The Morgan fingerprint density at radius 2 is 1.62 bits per heavy atom. The van der Waals surface area contributed by atoms with Gasteiger partial charge in [0.25, 0.3) is 0 Å². The Hall–Kier alpha value is -1.08. The van der Waals surface area contributed by atoms with Crippen molar-refractivity contribution in [3.63, 3.8) is 0 Å². The fourth-order valence-electron chi connectivity index (χ4n) is 2.30. The van der Waals surface area contributed by atoms with E-state index in [9.17, 15) is 0 Å². The molecule has 1 atom stereocenters. The third kappa shape index (κ3) is 6.48. The van der Waals surface area contributed by atoms with E-state index < -0.39 is 0 Å². The molecular formula is C19H25NSe. The van der Waals surface area contributed by atoms with Gasteiger partial charge in [0.15, 0.2) is 0 Å². The molecule has 0 saturated heterocycles. The summed E-state index contributed by atoms with van der Waals surface area (Å²) in [6.45, 7) is 4.39. The second kappa shape index (κ2) is 9.78. The maximum absolute atomic E-state index is 3.65.